The van der Waals surface area contributed by atoms with E-state index in [9.17, 15) is 13.5 Å². The maximum Gasteiger partial charge on any atom is 0.213 e. The van der Waals surface area contributed by atoms with Crippen molar-refractivity contribution in [3.8, 4) is 0 Å². The van der Waals surface area contributed by atoms with E-state index in [0.29, 0.717) is 11.5 Å². The highest BCUT2D eigenvalue weighted by Crippen LogP contribution is 2.18. The van der Waals surface area contributed by atoms with Gasteiger partial charge in [-0.3, -0.25) is 0 Å². The van der Waals surface area contributed by atoms with Gasteiger partial charge >= 0.3 is 0 Å². The van der Waals surface area contributed by atoms with Gasteiger partial charge in [-0.05, 0) is 17.0 Å². The van der Waals surface area contributed by atoms with Gasteiger partial charge in [0.25, 0.3) is 0 Å². The number of rotatable bonds is 8. The Labute approximate surface area is 121 Å². The zero-order valence-corrected chi connectivity index (χ0v) is 13.0. The molecule has 1 aromatic rings. The molecule has 20 heavy (non-hydrogen) atoms. The molecule has 0 heterocycles. The molecule has 0 radical (unpaired) electrons. The second kappa shape index (κ2) is 7.73. The standard InChI is InChI=1S/C14H23NO4S/c1-11(2)12-4-6-13(7-5-12)14(16)10-15-20(17,18)9-8-19-3/h4-7,11,14-16H,8-10H2,1-3H3. The van der Waals surface area contributed by atoms with Gasteiger partial charge in [-0.2, -0.15) is 0 Å². The monoisotopic (exact) mass is 301 g/mol. The Kier molecular flexibility index (Phi) is 6.61. The lowest BCUT2D eigenvalue weighted by atomic mass is 10.00. The first-order chi connectivity index (χ1) is 9.35. The van der Waals surface area contributed by atoms with E-state index >= 15 is 0 Å². The minimum atomic E-state index is -3.40. The first kappa shape index (κ1) is 17.1. The first-order valence-corrected chi connectivity index (χ1v) is 8.25. The summed E-state index contributed by atoms with van der Waals surface area (Å²) >= 11 is 0. The normalized spacial score (nSPS) is 13.7. The lowest BCUT2D eigenvalue weighted by molar-refractivity contribution is 0.181. The van der Waals surface area contributed by atoms with Gasteiger partial charge in [0.2, 0.25) is 10.0 Å². The van der Waals surface area contributed by atoms with Crippen LogP contribution in [-0.4, -0.2) is 39.5 Å². The summed E-state index contributed by atoms with van der Waals surface area (Å²) in [5.41, 5.74) is 1.88. The van der Waals surface area contributed by atoms with E-state index < -0.39 is 16.1 Å². The van der Waals surface area contributed by atoms with E-state index in [4.69, 9.17) is 4.74 Å². The summed E-state index contributed by atoms with van der Waals surface area (Å²) in [5, 5.41) is 9.98. The van der Waals surface area contributed by atoms with Crippen LogP contribution in [0.25, 0.3) is 0 Å². The van der Waals surface area contributed by atoms with Gasteiger partial charge in [0, 0.05) is 13.7 Å². The van der Waals surface area contributed by atoms with E-state index in [-0.39, 0.29) is 18.9 Å². The predicted molar refractivity (Wildman–Crippen MR) is 79.2 cm³/mol. The maximum absolute atomic E-state index is 11.6. The molecule has 114 valence electrons. The highest BCUT2D eigenvalue weighted by Gasteiger charge is 2.14. The van der Waals surface area contributed by atoms with Crippen LogP contribution in [0.1, 0.15) is 37.0 Å². The number of aliphatic hydroxyl groups is 1. The Bertz CT molecular complexity index is 496. The number of ether oxygens (including phenoxy) is 1. The van der Waals surface area contributed by atoms with Crippen molar-refractivity contribution < 1.29 is 18.3 Å². The summed E-state index contributed by atoms with van der Waals surface area (Å²) in [4.78, 5) is 0. The van der Waals surface area contributed by atoms with Crippen molar-refractivity contribution in [2.24, 2.45) is 0 Å². The topological polar surface area (TPSA) is 75.6 Å². The molecule has 0 bridgehead atoms. The van der Waals surface area contributed by atoms with Gasteiger partial charge in [0.1, 0.15) is 0 Å². The molecule has 5 nitrogen and oxygen atoms in total. The van der Waals surface area contributed by atoms with Crippen LogP contribution < -0.4 is 4.72 Å². The number of benzene rings is 1. The number of hydrogen-bond acceptors (Lipinski definition) is 4. The average Bonchev–Trinajstić information content (AvgIpc) is 2.43. The summed E-state index contributed by atoms with van der Waals surface area (Å²) < 4.78 is 30.2. The molecule has 0 aliphatic rings. The SMILES string of the molecule is COCCS(=O)(=O)NCC(O)c1ccc(C(C)C)cc1. The number of methoxy groups -OCH3 is 1. The molecule has 1 atom stereocenters. The highest BCUT2D eigenvalue weighted by molar-refractivity contribution is 7.89. The number of hydrogen-bond donors (Lipinski definition) is 2. The molecule has 0 amide bonds. The first-order valence-electron chi connectivity index (χ1n) is 6.60. The largest absolute Gasteiger partial charge is 0.387 e. The molecule has 0 saturated carbocycles. The van der Waals surface area contributed by atoms with Crippen LogP contribution in [0.4, 0.5) is 0 Å². The molecular weight excluding hydrogens is 278 g/mol. The van der Waals surface area contributed by atoms with Gasteiger partial charge in [0.05, 0.1) is 18.5 Å². The molecule has 0 spiro atoms. The maximum atomic E-state index is 11.6. The van der Waals surface area contributed by atoms with Gasteiger partial charge < -0.3 is 9.84 Å². The molecule has 0 aliphatic heterocycles. The molecule has 2 N–H and O–H groups in total. The van der Waals surface area contributed by atoms with Crippen LogP contribution in [0.2, 0.25) is 0 Å². The van der Waals surface area contributed by atoms with Crippen molar-refractivity contribution in [2.75, 3.05) is 26.0 Å². The second-order valence-corrected chi connectivity index (χ2v) is 6.92. The zero-order chi connectivity index (χ0) is 15.2. The fraction of sp³-hybridized carbons (Fsp3) is 0.571. The van der Waals surface area contributed by atoms with Crippen molar-refractivity contribution in [3.63, 3.8) is 0 Å². The third-order valence-electron chi connectivity index (χ3n) is 3.04. The summed E-state index contributed by atoms with van der Waals surface area (Å²) in [6.45, 7) is 4.28. The molecule has 6 heteroatoms. The Balaban J connectivity index is 2.56. The third-order valence-corrected chi connectivity index (χ3v) is 4.35. The Morgan fingerprint density at radius 2 is 1.75 bits per heavy atom. The van der Waals surface area contributed by atoms with Crippen LogP contribution >= 0.6 is 0 Å². The summed E-state index contributed by atoms with van der Waals surface area (Å²) in [5.74, 6) is 0.316. The molecule has 0 aliphatic carbocycles. The van der Waals surface area contributed by atoms with Crippen molar-refractivity contribution in [1.29, 1.82) is 0 Å². The molecule has 0 fully saturated rings. The Hall–Kier alpha value is -0.950. The van der Waals surface area contributed by atoms with Crippen LogP contribution in [-0.2, 0) is 14.8 Å². The second-order valence-electron chi connectivity index (χ2n) is 5.00. The Morgan fingerprint density at radius 3 is 2.25 bits per heavy atom. The van der Waals surface area contributed by atoms with Crippen molar-refractivity contribution in [2.45, 2.75) is 25.9 Å². The average molecular weight is 301 g/mol. The van der Waals surface area contributed by atoms with Crippen LogP contribution in [0.15, 0.2) is 24.3 Å². The summed E-state index contributed by atoms with van der Waals surface area (Å²) in [6.07, 6.45) is -0.853. The van der Waals surface area contributed by atoms with Crippen LogP contribution in [0, 0.1) is 0 Å². The smallest absolute Gasteiger partial charge is 0.213 e. The van der Waals surface area contributed by atoms with E-state index in [1.165, 1.54) is 12.7 Å². The molecule has 0 saturated heterocycles. The van der Waals surface area contributed by atoms with Gasteiger partial charge in [-0.25, -0.2) is 13.1 Å². The van der Waals surface area contributed by atoms with Gasteiger partial charge in [-0.15, -0.1) is 0 Å². The minimum absolute atomic E-state index is 0.0346. The van der Waals surface area contributed by atoms with Gasteiger partial charge in [-0.1, -0.05) is 38.1 Å². The van der Waals surface area contributed by atoms with Gasteiger partial charge in [0.15, 0.2) is 0 Å². The molecule has 0 aromatic heterocycles. The lowest BCUT2D eigenvalue weighted by Crippen LogP contribution is -2.31. The zero-order valence-electron chi connectivity index (χ0n) is 12.2. The summed E-state index contributed by atoms with van der Waals surface area (Å²) in [6, 6.07) is 7.54. The fourth-order valence-corrected chi connectivity index (χ4v) is 2.63. The predicted octanol–water partition coefficient (Wildman–Crippen LogP) is 1.41. The third kappa shape index (κ3) is 5.58. The number of sulfonamides is 1. The number of nitrogens with one attached hydrogen (secondary N) is 1. The molecule has 1 unspecified atom stereocenters. The Morgan fingerprint density at radius 1 is 1.20 bits per heavy atom. The fourth-order valence-electron chi connectivity index (χ4n) is 1.69. The van der Waals surface area contributed by atoms with Crippen LogP contribution in [0.3, 0.4) is 0 Å². The van der Waals surface area contributed by atoms with Crippen molar-refractivity contribution in [3.05, 3.63) is 35.4 Å². The quantitative estimate of drug-likeness (QED) is 0.761. The molecular formula is C14H23NO4S. The van der Waals surface area contributed by atoms with E-state index in [1.807, 2.05) is 24.3 Å². The van der Waals surface area contributed by atoms with Crippen LogP contribution in [0.5, 0.6) is 0 Å². The van der Waals surface area contributed by atoms with Crippen molar-refractivity contribution in [1.82, 2.24) is 4.72 Å². The molecule has 1 rings (SSSR count). The molecule has 1 aromatic carbocycles. The number of aliphatic hydroxyl groups excluding tert-OH is 1. The van der Waals surface area contributed by atoms with Crippen molar-refractivity contribution >= 4 is 10.0 Å². The minimum Gasteiger partial charge on any atom is -0.387 e. The van der Waals surface area contributed by atoms with E-state index in [1.54, 1.807) is 0 Å². The van der Waals surface area contributed by atoms with E-state index in [2.05, 4.69) is 18.6 Å². The lowest BCUT2D eigenvalue weighted by Gasteiger charge is -2.14. The summed E-state index contributed by atoms with van der Waals surface area (Å²) in [7, 11) is -1.96. The highest BCUT2D eigenvalue weighted by atomic mass is 32.2. The van der Waals surface area contributed by atoms with E-state index in [0.717, 1.165) is 0 Å².